The van der Waals surface area contributed by atoms with Crippen molar-refractivity contribution < 1.29 is 9.90 Å². The summed E-state index contributed by atoms with van der Waals surface area (Å²) in [7, 11) is 0. The molecular weight excluding hydrogens is 250 g/mol. The zero-order chi connectivity index (χ0) is 14.4. The number of benzene rings is 1. The first-order chi connectivity index (χ1) is 9.57. The van der Waals surface area contributed by atoms with Crippen molar-refractivity contribution in [3.05, 3.63) is 35.4 Å². The molecule has 0 bridgehead atoms. The van der Waals surface area contributed by atoms with E-state index in [1.807, 2.05) is 6.07 Å². The van der Waals surface area contributed by atoms with Crippen LogP contribution in [-0.2, 0) is 11.2 Å². The van der Waals surface area contributed by atoms with E-state index in [1.54, 1.807) is 0 Å². The van der Waals surface area contributed by atoms with Gasteiger partial charge in [0.25, 0.3) is 0 Å². The number of rotatable bonds is 5. The van der Waals surface area contributed by atoms with Crippen molar-refractivity contribution in [1.29, 1.82) is 0 Å². The van der Waals surface area contributed by atoms with E-state index in [1.165, 1.54) is 17.5 Å². The van der Waals surface area contributed by atoms with Crippen LogP contribution in [0.3, 0.4) is 0 Å². The number of aryl methyl sites for hydroxylation is 2. The van der Waals surface area contributed by atoms with E-state index in [0.717, 1.165) is 32.1 Å². The average molecular weight is 275 g/mol. The monoisotopic (exact) mass is 275 g/mol. The minimum atomic E-state index is -0.669. The van der Waals surface area contributed by atoms with E-state index >= 15 is 0 Å². The van der Waals surface area contributed by atoms with Gasteiger partial charge in [-0.2, -0.15) is 0 Å². The minimum absolute atomic E-state index is 0.0329. The molecule has 0 saturated heterocycles. The van der Waals surface area contributed by atoms with Gasteiger partial charge in [-0.15, -0.1) is 0 Å². The summed E-state index contributed by atoms with van der Waals surface area (Å²) in [6, 6.07) is 8.24. The molecule has 0 spiro atoms. The molecule has 0 atom stereocenters. The molecule has 3 heteroatoms. The van der Waals surface area contributed by atoms with Crippen LogP contribution in [0.4, 0.5) is 0 Å². The average Bonchev–Trinajstić information content (AvgIpc) is 2.44. The largest absolute Gasteiger partial charge is 0.388 e. The maximum Gasteiger partial charge on any atom is 0.220 e. The lowest BCUT2D eigenvalue weighted by molar-refractivity contribution is -0.122. The van der Waals surface area contributed by atoms with Crippen LogP contribution in [0.2, 0.25) is 0 Å². The number of amides is 1. The highest BCUT2D eigenvalue weighted by Crippen LogP contribution is 2.27. The van der Waals surface area contributed by atoms with E-state index in [9.17, 15) is 9.90 Å². The fourth-order valence-electron chi connectivity index (χ4n) is 2.86. The van der Waals surface area contributed by atoms with E-state index in [4.69, 9.17) is 0 Å². The Morgan fingerprint density at radius 1 is 1.30 bits per heavy atom. The molecule has 3 nitrogen and oxygen atoms in total. The van der Waals surface area contributed by atoms with Crippen molar-refractivity contribution >= 4 is 5.91 Å². The Kier molecular flexibility index (Phi) is 5.18. The molecular formula is C17H25NO2. The number of hydrogen-bond acceptors (Lipinski definition) is 2. The summed E-state index contributed by atoms with van der Waals surface area (Å²) in [5, 5.41) is 13.2. The molecule has 0 unspecified atom stereocenters. The Morgan fingerprint density at radius 3 is 2.75 bits per heavy atom. The topological polar surface area (TPSA) is 49.3 Å². The standard InChI is InChI=1S/C17H25NO2/c1-14-6-5-7-15(12-14)8-9-16(19)18-13-17(20)10-3-2-4-11-17/h5-7,12,20H,2-4,8-11,13H2,1H3,(H,18,19). The van der Waals surface area contributed by atoms with Crippen molar-refractivity contribution in [2.75, 3.05) is 6.54 Å². The molecule has 0 aliphatic heterocycles. The van der Waals surface area contributed by atoms with Crippen molar-refractivity contribution in [2.24, 2.45) is 0 Å². The molecule has 2 rings (SSSR count). The zero-order valence-corrected chi connectivity index (χ0v) is 12.3. The molecule has 110 valence electrons. The second-order valence-electron chi connectivity index (χ2n) is 6.05. The molecule has 1 fully saturated rings. The van der Waals surface area contributed by atoms with Gasteiger partial charge in [-0.25, -0.2) is 0 Å². The summed E-state index contributed by atoms with van der Waals surface area (Å²) in [6.45, 7) is 2.46. The Morgan fingerprint density at radius 2 is 2.05 bits per heavy atom. The highest BCUT2D eigenvalue weighted by atomic mass is 16.3. The van der Waals surface area contributed by atoms with Gasteiger partial charge >= 0.3 is 0 Å². The third kappa shape index (κ3) is 4.64. The molecule has 2 N–H and O–H groups in total. The first-order valence-corrected chi connectivity index (χ1v) is 7.62. The second kappa shape index (κ2) is 6.89. The van der Waals surface area contributed by atoms with Crippen molar-refractivity contribution in [3.63, 3.8) is 0 Å². The highest BCUT2D eigenvalue weighted by Gasteiger charge is 2.29. The Bertz CT molecular complexity index is 450. The number of aliphatic hydroxyl groups is 1. The quantitative estimate of drug-likeness (QED) is 0.868. The second-order valence-corrected chi connectivity index (χ2v) is 6.05. The van der Waals surface area contributed by atoms with Gasteiger partial charge in [-0.3, -0.25) is 4.79 Å². The SMILES string of the molecule is Cc1cccc(CCC(=O)NCC2(O)CCCCC2)c1. The molecule has 1 saturated carbocycles. The van der Waals surface area contributed by atoms with Crippen LogP contribution in [0.25, 0.3) is 0 Å². The van der Waals surface area contributed by atoms with E-state index in [2.05, 4.69) is 30.4 Å². The third-order valence-corrected chi connectivity index (χ3v) is 4.12. The molecule has 20 heavy (non-hydrogen) atoms. The highest BCUT2D eigenvalue weighted by molar-refractivity contribution is 5.76. The van der Waals surface area contributed by atoms with Crippen LogP contribution in [0.1, 0.15) is 49.7 Å². The smallest absolute Gasteiger partial charge is 0.220 e. The summed E-state index contributed by atoms with van der Waals surface area (Å²) in [5.74, 6) is 0.0329. The summed E-state index contributed by atoms with van der Waals surface area (Å²) < 4.78 is 0. The molecule has 1 aliphatic rings. The first-order valence-electron chi connectivity index (χ1n) is 7.62. The molecule has 0 radical (unpaired) electrons. The number of nitrogens with one attached hydrogen (secondary N) is 1. The third-order valence-electron chi connectivity index (χ3n) is 4.12. The lowest BCUT2D eigenvalue weighted by Crippen LogP contribution is -2.44. The Balaban J connectivity index is 1.72. The Labute approximate surface area is 121 Å². The van der Waals surface area contributed by atoms with Crippen LogP contribution in [0.5, 0.6) is 0 Å². The molecule has 1 aromatic rings. The minimum Gasteiger partial charge on any atom is -0.388 e. The maximum atomic E-state index is 11.9. The molecule has 1 aromatic carbocycles. The molecule has 1 amide bonds. The predicted molar refractivity (Wildman–Crippen MR) is 80.5 cm³/mol. The van der Waals surface area contributed by atoms with Gasteiger partial charge in [0.05, 0.1) is 5.60 Å². The van der Waals surface area contributed by atoms with Gasteiger partial charge in [0.15, 0.2) is 0 Å². The van der Waals surface area contributed by atoms with Gasteiger partial charge in [-0.1, -0.05) is 49.1 Å². The summed E-state index contributed by atoms with van der Waals surface area (Å²) >= 11 is 0. The summed E-state index contributed by atoms with van der Waals surface area (Å²) in [5.41, 5.74) is 1.74. The van der Waals surface area contributed by atoms with Gasteiger partial charge in [0.2, 0.25) is 5.91 Å². The van der Waals surface area contributed by atoms with Crippen LogP contribution < -0.4 is 5.32 Å². The number of hydrogen-bond donors (Lipinski definition) is 2. The zero-order valence-electron chi connectivity index (χ0n) is 12.3. The predicted octanol–water partition coefficient (Wildman–Crippen LogP) is 2.74. The Hall–Kier alpha value is -1.35. The van der Waals surface area contributed by atoms with Crippen LogP contribution in [0, 0.1) is 6.92 Å². The van der Waals surface area contributed by atoms with Crippen molar-refractivity contribution in [1.82, 2.24) is 5.32 Å². The van der Waals surface area contributed by atoms with Crippen LogP contribution in [-0.4, -0.2) is 23.2 Å². The molecule has 1 aliphatic carbocycles. The molecule has 0 heterocycles. The van der Waals surface area contributed by atoms with Gasteiger partial charge in [0, 0.05) is 13.0 Å². The lowest BCUT2D eigenvalue weighted by atomic mass is 9.85. The fourth-order valence-corrected chi connectivity index (χ4v) is 2.86. The first kappa shape index (κ1) is 15.0. The summed E-state index contributed by atoms with van der Waals surface area (Å²) in [4.78, 5) is 11.9. The molecule has 0 aromatic heterocycles. The van der Waals surface area contributed by atoms with Crippen LogP contribution >= 0.6 is 0 Å². The van der Waals surface area contributed by atoms with E-state index < -0.39 is 5.60 Å². The van der Waals surface area contributed by atoms with Crippen molar-refractivity contribution in [3.8, 4) is 0 Å². The number of carbonyl (C=O) groups is 1. The van der Waals surface area contributed by atoms with Crippen molar-refractivity contribution in [2.45, 2.75) is 57.5 Å². The van der Waals surface area contributed by atoms with Crippen LogP contribution in [0.15, 0.2) is 24.3 Å². The van der Waals surface area contributed by atoms with E-state index in [-0.39, 0.29) is 5.91 Å². The fraction of sp³-hybridized carbons (Fsp3) is 0.588. The maximum absolute atomic E-state index is 11.9. The van der Waals surface area contributed by atoms with Gasteiger partial charge < -0.3 is 10.4 Å². The lowest BCUT2D eigenvalue weighted by Gasteiger charge is -2.32. The summed E-state index contributed by atoms with van der Waals surface area (Å²) in [6.07, 6.45) is 6.19. The number of carbonyl (C=O) groups excluding carboxylic acids is 1. The van der Waals surface area contributed by atoms with E-state index in [0.29, 0.717) is 13.0 Å². The normalized spacial score (nSPS) is 17.7. The van der Waals surface area contributed by atoms with Gasteiger partial charge in [-0.05, 0) is 31.7 Å². The van der Waals surface area contributed by atoms with Gasteiger partial charge in [0.1, 0.15) is 0 Å².